The van der Waals surface area contributed by atoms with Gasteiger partial charge in [0.05, 0.1) is 30.5 Å². The highest BCUT2D eigenvalue weighted by atomic mass is 32.7. The lowest BCUT2D eigenvalue weighted by atomic mass is 10.1. The van der Waals surface area contributed by atoms with Gasteiger partial charge in [0, 0.05) is 6.20 Å². The maximum Gasteiger partial charge on any atom is 0.386 e. The van der Waals surface area contributed by atoms with Gasteiger partial charge < -0.3 is 26.4 Å². The molecule has 0 aromatic carbocycles. The van der Waals surface area contributed by atoms with Crippen LogP contribution in [0.25, 0.3) is 22.3 Å². The van der Waals surface area contributed by atoms with Gasteiger partial charge in [-0.05, 0) is 6.07 Å². The van der Waals surface area contributed by atoms with Gasteiger partial charge >= 0.3 is 12.7 Å². The van der Waals surface area contributed by atoms with Gasteiger partial charge in [-0.25, -0.2) is 18.9 Å². The van der Waals surface area contributed by atoms with E-state index >= 15 is 13.2 Å². The molecule has 2 aliphatic heterocycles. The Morgan fingerprint density at radius 1 is 1.28 bits per heavy atom. The third-order valence-electron chi connectivity index (χ3n) is 6.82. The van der Waals surface area contributed by atoms with E-state index in [0.717, 1.165) is 11.8 Å². The Labute approximate surface area is 246 Å². The van der Waals surface area contributed by atoms with Crippen LogP contribution in [0, 0.1) is 0 Å². The molecule has 0 spiro atoms. The minimum absolute atomic E-state index is 0.0310. The molecule has 2 aliphatic rings. The molecule has 0 radical (unpaired) electrons. The van der Waals surface area contributed by atoms with Gasteiger partial charge in [0.2, 0.25) is 12.2 Å². The number of pyridine rings is 1. The topological polar surface area (TPSA) is 244 Å². The van der Waals surface area contributed by atoms with E-state index in [0.29, 0.717) is 4.68 Å². The number of fused-ring (bicyclic) bond motifs is 2. The molecule has 23 heteroatoms. The summed E-state index contributed by atoms with van der Waals surface area (Å²) < 4.78 is 76.6. The minimum Gasteiger partial charge on any atom is -0.397 e. The zero-order valence-corrected chi connectivity index (χ0v) is 24.0. The van der Waals surface area contributed by atoms with Gasteiger partial charge in [-0.1, -0.05) is 17.5 Å². The molecule has 232 valence electrons. The maximum atomic E-state index is 15.4. The van der Waals surface area contributed by atoms with Crippen LogP contribution in [0.3, 0.4) is 0 Å². The van der Waals surface area contributed by atoms with Gasteiger partial charge in [-0.15, -0.1) is 16.9 Å². The van der Waals surface area contributed by atoms with Crippen molar-refractivity contribution < 1.29 is 41.7 Å². The second-order valence-corrected chi connectivity index (χ2v) is 13.8. The predicted molar refractivity (Wildman–Crippen MR) is 147 cm³/mol. The molecule has 2 saturated heterocycles. The summed E-state index contributed by atoms with van der Waals surface area (Å²) in [5, 5.41) is 25.2. The lowest BCUT2D eigenvalue weighted by molar-refractivity contribution is -0.142. The average molecular weight is 667 g/mol. The number of rotatable bonds is 8. The Bertz CT molecular complexity index is 1790. The first-order valence-electron chi connectivity index (χ1n) is 12.3. The van der Waals surface area contributed by atoms with Gasteiger partial charge in [-0.2, -0.15) is 18.4 Å². The minimum atomic E-state index is -4.57. The van der Waals surface area contributed by atoms with Crippen LogP contribution in [0.2, 0.25) is 0 Å². The molecular formula is C20H22F3N10O7PS2. The van der Waals surface area contributed by atoms with E-state index in [2.05, 4.69) is 42.5 Å². The molecule has 2 fully saturated rings. The van der Waals surface area contributed by atoms with E-state index < -0.39 is 72.8 Å². The fourth-order valence-corrected chi connectivity index (χ4v) is 7.70. The summed E-state index contributed by atoms with van der Waals surface area (Å²) in [6.07, 6.45) is -7.58. The van der Waals surface area contributed by atoms with Crippen molar-refractivity contribution in [3.63, 3.8) is 0 Å². The molecule has 17 nitrogen and oxygen atoms in total. The monoisotopic (exact) mass is 666 g/mol. The largest absolute Gasteiger partial charge is 0.397 e. The molecule has 0 amide bonds. The number of aliphatic hydroxyl groups is 2. The number of nitrogens with one attached hydrogen (secondary N) is 1. The van der Waals surface area contributed by atoms with Crippen LogP contribution in [0.1, 0.15) is 11.6 Å². The summed E-state index contributed by atoms with van der Waals surface area (Å²) in [7, 11) is 0. The number of thiol groups is 1. The lowest BCUT2D eigenvalue weighted by Crippen LogP contribution is -2.40. The number of H-pyrrole nitrogens is 1. The van der Waals surface area contributed by atoms with Crippen LogP contribution < -0.4 is 17.0 Å². The molecule has 1 unspecified atom stereocenters. The Hall–Kier alpha value is -2.98. The summed E-state index contributed by atoms with van der Waals surface area (Å²) in [5.41, 5.74) is 10.6. The number of nitrogens with two attached hydrogens (primary N) is 2. The van der Waals surface area contributed by atoms with Crippen molar-refractivity contribution in [3.05, 3.63) is 28.9 Å². The number of aromatic nitrogens is 8. The van der Waals surface area contributed by atoms with Crippen LogP contribution in [0.4, 0.5) is 24.8 Å². The molecule has 6 rings (SSSR count). The summed E-state index contributed by atoms with van der Waals surface area (Å²) in [6.45, 7) is -6.14. The van der Waals surface area contributed by atoms with Crippen LogP contribution in [-0.2, 0) is 18.3 Å². The van der Waals surface area contributed by atoms with E-state index in [-0.39, 0.29) is 34.0 Å². The normalized spacial score (nSPS) is 30.3. The van der Waals surface area contributed by atoms with Crippen LogP contribution in [0.5, 0.6) is 0 Å². The number of anilines is 2. The van der Waals surface area contributed by atoms with E-state index in [9.17, 15) is 19.6 Å². The predicted octanol–water partition coefficient (Wildman–Crippen LogP) is 0.402. The van der Waals surface area contributed by atoms with Gasteiger partial charge in [0.25, 0.3) is 5.56 Å². The lowest BCUT2D eigenvalue weighted by Gasteiger charge is -2.25. The molecular weight excluding hydrogens is 644 g/mol. The first-order valence-corrected chi connectivity index (χ1v) is 15.9. The van der Waals surface area contributed by atoms with Crippen molar-refractivity contribution >= 4 is 64.8 Å². The summed E-state index contributed by atoms with van der Waals surface area (Å²) in [6, 6.07) is 1.39. The zero-order chi connectivity index (χ0) is 30.8. The number of aromatic amines is 1. The second kappa shape index (κ2) is 10.9. The van der Waals surface area contributed by atoms with Crippen LogP contribution in [-0.4, -0.2) is 98.6 Å². The van der Waals surface area contributed by atoms with E-state index in [1.165, 1.54) is 23.2 Å². The van der Waals surface area contributed by atoms with Crippen molar-refractivity contribution in [1.82, 2.24) is 39.5 Å². The molecule has 0 aliphatic carbocycles. The smallest absolute Gasteiger partial charge is 0.386 e. The number of alkyl halides is 3. The third-order valence-corrected chi connectivity index (χ3v) is 9.97. The molecule has 7 N–H and O–H groups in total. The molecule has 8 atom stereocenters. The maximum absolute atomic E-state index is 15.4. The molecule has 4 aromatic rings. The first-order chi connectivity index (χ1) is 20.3. The zero-order valence-electron chi connectivity index (χ0n) is 21.3. The standard InChI is InChI=1S/C20H22F3N10O7PS2/c21-9-8(3-34)43-17(32-5-27-11-15(32)28-19(25)29-16(11)36)12(9)40-41(37,42)38-4-7-13(35)20(22,23)18(39-7)33-14-10(30-31-33)6(24)1-2-26-14/h1-2,5,7-9,12-13,17-18,34-35H,3-4H2,(H2,24,26)(H,37,42)(H3,25,28,29,36)/t7-,8-,9+,12-,13-,17-,18+,41?/m1/s1. The Morgan fingerprint density at radius 3 is 2.79 bits per heavy atom. The summed E-state index contributed by atoms with van der Waals surface area (Å²) in [4.78, 5) is 26.4. The Morgan fingerprint density at radius 2 is 2.05 bits per heavy atom. The molecule has 0 saturated carbocycles. The number of nitrogens with zero attached hydrogens (tertiary/aromatic N) is 7. The second-order valence-electron chi connectivity index (χ2n) is 9.55. The number of aliphatic hydroxyl groups excluding tert-OH is 2. The van der Waals surface area contributed by atoms with E-state index in [4.69, 9.17) is 25.3 Å². The van der Waals surface area contributed by atoms with Crippen molar-refractivity contribution in [1.29, 1.82) is 0 Å². The quantitative estimate of drug-likeness (QED) is 0.110. The van der Waals surface area contributed by atoms with Gasteiger partial charge in [0.15, 0.2) is 28.4 Å². The number of ether oxygens (including phenoxy) is 1. The highest BCUT2D eigenvalue weighted by molar-refractivity contribution is 8.44. The van der Waals surface area contributed by atoms with E-state index in [1.807, 2.05) is 0 Å². The van der Waals surface area contributed by atoms with E-state index in [1.54, 1.807) is 0 Å². The molecule has 43 heavy (non-hydrogen) atoms. The highest BCUT2D eigenvalue weighted by Gasteiger charge is 2.61. The average Bonchev–Trinajstić information content (AvgIpc) is 3.68. The van der Waals surface area contributed by atoms with Gasteiger partial charge in [0.1, 0.15) is 23.8 Å². The Kier molecular flexibility index (Phi) is 7.60. The number of hydrogen-bond donors (Lipinski definition) is 6. The summed E-state index contributed by atoms with van der Waals surface area (Å²) >= 11 is 4.74. The summed E-state index contributed by atoms with van der Waals surface area (Å²) in [5.74, 6) is -4.19. The SMILES string of the molecule is Nc1nc2c(ncn2[C@@H]2S[C@H](CO)[C@H](F)[C@H]2OP(=O)(S)OC[C@H]2O[C@H](n3nnc4c(N)ccnc43)C(F)(F)[C@@H]2O)c(=O)[nH]1. The van der Waals surface area contributed by atoms with Crippen molar-refractivity contribution in [2.24, 2.45) is 0 Å². The Balaban J connectivity index is 1.21. The number of nitrogen functional groups attached to an aromatic ring is 2. The van der Waals surface area contributed by atoms with Crippen LogP contribution in [0.15, 0.2) is 23.4 Å². The number of halogens is 3. The molecule has 4 aromatic heterocycles. The number of thioether (sulfide) groups is 1. The van der Waals surface area contributed by atoms with Crippen LogP contribution >= 0.6 is 30.8 Å². The first kappa shape index (κ1) is 30.1. The number of imidazole rings is 1. The van der Waals surface area contributed by atoms with Crippen molar-refractivity contribution in [2.75, 3.05) is 24.7 Å². The van der Waals surface area contributed by atoms with Crippen molar-refractivity contribution in [2.45, 2.75) is 47.3 Å². The molecule has 6 heterocycles. The fraction of sp³-hybridized carbons (Fsp3) is 0.500. The van der Waals surface area contributed by atoms with Gasteiger partial charge in [-0.3, -0.25) is 23.4 Å². The third kappa shape index (κ3) is 5.14. The highest BCUT2D eigenvalue weighted by Crippen LogP contribution is 2.59. The van der Waals surface area contributed by atoms with Crippen molar-refractivity contribution in [3.8, 4) is 0 Å². The molecule has 0 bridgehead atoms. The fourth-order valence-electron chi connectivity index (χ4n) is 4.76. The number of hydrogen-bond acceptors (Lipinski definition) is 15.